The van der Waals surface area contributed by atoms with Gasteiger partial charge in [-0.05, 0) is 53.7 Å². The van der Waals surface area contributed by atoms with Gasteiger partial charge in [0.1, 0.15) is 0 Å². The molecule has 0 aromatic carbocycles. The largest absolute Gasteiger partial charge is 0.444 e. The van der Waals surface area contributed by atoms with Gasteiger partial charge in [0.05, 0.1) is 6.54 Å². The van der Waals surface area contributed by atoms with Crippen LogP contribution in [0.1, 0.15) is 30.3 Å². The molecule has 2 amide bonds. The molecule has 2 N–H and O–H groups in total. The van der Waals surface area contributed by atoms with Crippen molar-refractivity contribution in [2.45, 2.75) is 25.8 Å². The van der Waals surface area contributed by atoms with Crippen molar-refractivity contribution in [3.8, 4) is 0 Å². The Kier molecular flexibility index (Phi) is 5.63. The average Bonchev–Trinajstić information content (AvgIpc) is 2.93. The number of furan rings is 1. The van der Waals surface area contributed by atoms with Crippen LogP contribution in [-0.4, -0.2) is 54.3 Å². The van der Waals surface area contributed by atoms with Crippen molar-refractivity contribution in [2.75, 3.05) is 26.7 Å². The molecule has 0 radical (unpaired) electrons. The van der Waals surface area contributed by atoms with E-state index in [2.05, 4.69) is 15.9 Å². The van der Waals surface area contributed by atoms with E-state index < -0.39 is 0 Å². The van der Waals surface area contributed by atoms with Crippen molar-refractivity contribution >= 4 is 27.7 Å². The van der Waals surface area contributed by atoms with Gasteiger partial charge in [0, 0.05) is 26.2 Å². The third kappa shape index (κ3) is 4.10. The minimum absolute atomic E-state index is 0.0445. The summed E-state index contributed by atoms with van der Waals surface area (Å²) in [6.45, 7) is 3.42. The molecule has 122 valence electrons. The van der Waals surface area contributed by atoms with Crippen LogP contribution in [0.5, 0.6) is 0 Å². The number of hydrogen-bond donors (Lipinski definition) is 1. The number of likely N-dealkylation sites (N-methyl/N-ethyl adjacent to an activating group) is 1. The zero-order chi connectivity index (χ0) is 16.3. The van der Waals surface area contributed by atoms with Crippen LogP contribution < -0.4 is 5.73 Å². The molecule has 2 heterocycles. The summed E-state index contributed by atoms with van der Waals surface area (Å²) in [6, 6.07) is 3.32. The molecule has 0 spiro atoms. The summed E-state index contributed by atoms with van der Waals surface area (Å²) in [6.07, 6.45) is 2.01. The van der Waals surface area contributed by atoms with Crippen LogP contribution in [0.2, 0.25) is 0 Å². The van der Waals surface area contributed by atoms with Crippen LogP contribution >= 0.6 is 15.9 Å². The molecular formula is C15H22BrN3O3. The van der Waals surface area contributed by atoms with Crippen molar-refractivity contribution in [3.05, 3.63) is 22.6 Å². The summed E-state index contributed by atoms with van der Waals surface area (Å²) in [5, 5.41) is 0. The number of nitrogens with zero attached hydrogens (tertiary/aromatic N) is 2. The molecule has 2 rings (SSSR count). The smallest absolute Gasteiger partial charge is 0.289 e. The summed E-state index contributed by atoms with van der Waals surface area (Å²) in [7, 11) is 1.60. The third-order valence-corrected chi connectivity index (χ3v) is 4.48. The second-order valence-corrected chi connectivity index (χ2v) is 6.65. The lowest BCUT2D eigenvalue weighted by molar-refractivity contribution is -0.133. The number of nitrogens with two attached hydrogens (primary N) is 1. The van der Waals surface area contributed by atoms with Gasteiger partial charge < -0.3 is 20.0 Å². The van der Waals surface area contributed by atoms with E-state index in [0.717, 1.165) is 19.4 Å². The van der Waals surface area contributed by atoms with Gasteiger partial charge in [0.25, 0.3) is 5.91 Å². The van der Waals surface area contributed by atoms with Crippen LogP contribution in [0.25, 0.3) is 0 Å². The fourth-order valence-electron chi connectivity index (χ4n) is 2.66. The van der Waals surface area contributed by atoms with Crippen LogP contribution in [0.15, 0.2) is 21.2 Å². The maximum Gasteiger partial charge on any atom is 0.289 e. The van der Waals surface area contributed by atoms with Gasteiger partial charge in [0.15, 0.2) is 10.4 Å². The maximum absolute atomic E-state index is 12.4. The molecule has 7 heteroatoms. The molecule has 0 bridgehead atoms. The highest BCUT2D eigenvalue weighted by atomic mass is 79.9. The first-order valence-electron chi connectivity index (χ1n) is 7.42. The Bertz CT molecular complexity index is 544. The Hall–Kier alpha value is -1.34. The van der Waals surface area contributed by atoms with E-state index in [1.807, 2.05) is 6.92 Å². The van der Waals surface area contributed by atoms with Crippen LogP contribution in [0.4, 0.5) is 0 Å². The summed E-state index contributed by atoms with van der Waals surface area (Å²) in [4.78, 5) is 27.7. The van der Waals surface area contributed by atoms with Crippen molar-refractivity contribution < 1.29 is 14.0 Å². The van der Waals surface area contributed by atoms with E-state index >= 15 is 0 Å². The third-order valence-electron chi connectivity index (χ3n) is 4.06. The van der Waals surface area contributed by atoms with Gasteiger partial charge in [-0.1, -0.05) is 0 Å². The summed E-state index contributed by atoms with van der Waals surface area (Å²) in [5.41, 5.74) is 5.94. The van der Waals surface area contributed by atoms with Gasteiger partial charge in [-0.3, -0.25) is 9.59 Å². The second-order valence-electron chi connectivity index (χ2n) is 5.87. The van der Waals surface area contributed by atoms with Gasteiger partial charge >= 0.3 is 0 Å². The predicted molar refractivity (Wildman–Crippen MR) is 86.3 cm³/mol. The van der Waals surface area contributed by atoms with Crippen LogP contribution in [-0.2, 0) is 4.79 Å². The van der Waals surface area contributed by atoms with Crippen molar-refractivity contribution in [2.24, 2.45) is 11.7 Å². The number of carbonyl (C=O) groups excluding carboxylic acids is 2. The summed E-state index contributed by atoms with van der Waals surface area (Å²) in [5.74, 6) is 0.195. The Balaban J connectivity index is 1.92. The predicted octanol–water partition coefficient (Wildman–Crippen LogP) is 1.70. The maximum atomic E-state index is 12.4. The minimum Gasteiger partial charge on any atom is -0.444 e. The number of carbonyl (C=O) groups is 2. The quantitative estimate of drug-likeness (QED) is 0.873. The number of halogens is 1. The Labute approximate surface area is 138 Å². The lowest BCUT2D eigenvalue weighted by Crippen LogP contribution is -2.48. The molecule has 1 aromatic heterocycles. The van der Waals surface area contributed by atoms with E-state index in [4.69, 9.17) is 10.2 Å². The molecule has 1 aliphatic heterocycles. The standard InChI is InChI=1S/C15H22BrN3O3/c1-10(17)11-4-3-7-19(8-11)14(20)9-18(2)15(21)12-5-6-13(16)22-12/h5-6,10-11H,3-4,7-9,17H2,1-2H3. The first kappa shape index (κ1) is 17.0. The number of hydrogen-bond acceptors (Lipinski definition) is 4. The zero-order valence-corrected chi connectivity index (χ0v) is 14.5. The fraction of sp³-hybridized carbons (Fsp3) is 0.600. The topological polar surface area (TPSA) is 79.8 Å². The Morgan fingerprint density at radius 1 is 1.55 bits per heavy atom. The highest BCUT2D eigenvalue weighted by Crippen LogP contribution is 2.19. The first-order valence-corrected chi connectivity index (χ1v) is 8.22. The molecule has 1 aromatic rings. The van der Waals surface area contributed by atoms with E-state index in [0.29, 0.717) is 17.1 Å². The van der Waals surface area contributed by atoms with Gasteiger partial charge in [-0.15, -0.1) is 0 Å². The number of rotatable bonds is 4. The lowest BCUT2D eigenvalue weighted by atomic mass is 9.92. The molecule has 1 fully saturated rings. The molecular weight excluding hydrogens is 350 g/mol. The van der Waals surface area contributed by atoms with E-state index in [9.17, 15) is 9.59 Å². The highest BCUT2D eigenvalue weighted by molar-refractivity contribution is 9.10. The van der Waals surface area contributed by atoms with E-state index in [1.165, 1.54) is 4.90 Å². The van der Waals surface area contributed by atoms with Crippen molar-refractivity contribution in [1.29, 1.82) is 0 Å². The van der Waals surface area contributed by atoms with Crippen LogP contribution in [0, 0.1) is 5.92 Å². The number of likely N-dealkylation sites (tertiary alicyclic amines) is 1. The minimum atomic E-state index is -0.306. The summed E-state index contributed by atoms with van der Waals surface area (Å²) < 4.78 is 5.72. The molecule has 0 aliphatic carbocycles. The summed E-state index contributed by atoms with van der Waals surface area (Å²) >= 11 is 3.16. The SMILES string of the molecule is CC(N)C1CCCN(C(=O)CN(C)C(=O)c2ccc(Br)o2)C1. The van der Waals surface area contributed by atoms with Crippen LogP contribution in [0.3, 0.4) is 0 Å². The molecule has 0 saturated carbocycles. The highest BCUT2D eigenvalue weighted by Gasteiger charge is 2.27. The van der Waals surface area contributed by atoms with Crippen molar-refractivity contribution in [1.82, 2.24) is 9.80 Å². The molecule has 22 heavy (non-hydrogen) atoms. The average molecular weight is 372 g/mol. The van der Waals surface area contributed by atoms with E-state index in [1.54, 1.807) is 24.1 Å². The first-order chi connectivity index (χ1) is 10.4. The number of piperidine rings is 1. The lowest BCUT2D eigenvalue weighted by Gasteiger charge is -2.35. The Morgan fingerprint density at radius 3 is 2.86 bits per heavy atom. The number of amides is 2. The van der Waals surface area contributed by atoms with Crippen molar-refractivity contribution in [3.63, 3.8) is 0 Å². The molecule has 1 aliphatic rings. The Morgan fingerprint density at radius 2 is 2.27 bits per heavy atom. The fourth-order valence-corrected chi connectivity index (χ4v) is 2.96. The molecule has 1 saturated heterocycles. The molecule has 2 unspecified atom stereocenters. The van der Waals surface area contributed by atoms with Gasteiger partial charge in [-0.2, -0.15) is 0 Å². The van der Waals surface area contributed by atoms with E-state index in [-0.39, 0.29) is 30.2 Å². The monoisotopic (exact) mass is 371 g/mol. The normalized spacial score (nSPS) is 19.8. The molecule has 2 atom stereocenters. The second kappa shape index (κ2) is 7.28. The van der Waals surface area contributed by atoms with Gasteiger partial charge in [0.2, 0.25) is 5.91 Å². The molecule has 6 nitrogen and oxygen atoms in total. The zero-order valence-electron chi connectivity index (χ0n) is 12.9. The van der Waals surface area contributed by atoms with Gasteiger partial charge in [-0.25, -0.2) is 0 Å².